The van der Waals surface area contributed by atoms with E-state index in [1.807, 2.05) is 36.4 Å². The molecule has 1 saturated heterocycles. The third-order valence-electron chi connectivity index (χ3n) is 4.05. The molecule has 1 atom stereocenters. The van der Waals surface area contributed by atoms with Gasteiger partial charge in [0.15, 0.2) is 5.66 Å². The van der Waals surface area contributed by atoms with Crippen molar-refractivity contribution in [2.45, 2.75) is 18.5 Å². The van der Waals surface area contributed by atoms with Gasteiger partial charge in [0.2, 0.25) is 5.91 Å². The van der Waals surface area contributed by atoms with Crippen LogP contribution in [-0.4, -0.2) is 35.7 Å². The Morgan fingerprint density at radius 1 is 1.07 bits per heavy atom. The van der Waals surface area contributed by atoms with Gasteiger partial charge < -0.3 is 21.9 Å². The third kappa shape index (κ3) is 7.01. The predicted molar refractivity (Wildman–Crippen MR) is 116 cm³/mol. The number of carbonyl (C=O) groups is 2. The first-order valence-corrected chi connectivity index (χ1v) is 8.37. The van der Waals surface area contributed by atoms with E-state index in [0.717, 1.165) is 12.1 Å². The summed E-state index contributed by atoms with van der Waals surface area (Å²) in [6, 6.07) is 18.1. The lowest BCUT2D eigenvalue weighted by molar-refractivity contribution is -0.148. The Hall–Kier alpha value is -2.32. The Balaban J connectivity index is 0.000000486. The third-order valence-corrected chi connectivity index (χ3v) is 4.05. The number of carbonyl (C=O) groups excluding carboxylic acids is 1. The molecule has 1 fully saturated rings. The first-order valence-electron chi connectivity index (χ1n) is 8.37. The molecule has 1 heterocycles. The number of rotatable bonds is 4. The van der Waals surface area contributed by atoms with Crippen molar-refractivity contribution in [1.29, 1.82) is 0 Å². The Morgan fingerprint density at radius 3 is 2.21 bits per heavy atom. The van der Waals surface area contributed by atoms with Gasteiger partial charge in [0.25, 0.3) is 0 Å². The van der Waals surface area contributed by atoms with E-state index in [4.69, 9.17) is 16.6 Å². The van der Waals surface area contributed by atoms with E-state index >= 15 is 0 Å². The monoisotopic (exact) mass is 428 g/mol. The van der Waals surface area contributed by atoms with Crippen LogP contribution in [-0.2, 0) is 9.59 Å². The smallest absolute Gasteiger partial charge is 0.344 e. The van der Waals surface area contributed by atoms with Crippen molar-refractivity contribution in [3.05, 3.63) is 54.6 Å². The minimum Gasteiger partial charge on any atom is -0.478 e. The topological polar surface area (TPSA) is 130 Å². The molecule has 1 aliphatic heterocycles. The molecule has 0 bridgehead atoms. The highest BCUT2D eigenvalue weighted by atomic mass is 35.5. The summed E-state index contributed by atoms with van der Waals surface area (Å²) in [7, 11) is 0. The molecule has 1 amide bonds. The molecule has 2 aromatic carbocycles. The van der Waals surface area contributed by atoms with Crippen LogP contribution in [0.3, 0.4) is 0 Å². The first-order chi connectivity index (χ1) is 12.5. The number of nitrogen functional groups attached to an aromatic ring is 1. The van der Waals surface area contributed by atoms with Crippen molar-refractivity contribution in [2.75, 3.05) is 18.8 Å². The normalized spacial score (nSPS) is 17.2. The number of aliphatic carboxylic acids is 1. The van der Waals surface area contributed by atoms with Crippen molar-refractivity contribution >= 4 is 42.4 Å². The second-order valence-electron chi connectivity index (χ2n) is 5.98. The quantitative estimate of drug-likeness (QED) is 0.473. The summed E-state index contributed by atoms with van der Waals surface area (Å²) in [5, 5.41) is 14.0. The van der Waals surface area contributed by atoms with E-state index in [-0.39, 0.29) is 31.4 Å². The van der Waals surface area contributed by atoms with Crippen LogP contribution in [0.15, 0.2) is 54.6 Å². The van der Waals surface area contributed by atoms with Crippen LogP contribution < -0.4 is 22.1 Å². The fourth-order valence-corrected chi connectivity index (χ4v) is 2.72. The van der Waals surface area contributed by atoms with E-state index in [1.54, 1.807) is 0 Å². The summed E-state index contributed by atoms with van der Waals surface area (Å²) in [5.41, 5.74) is 12.7. The number of carboxylic acid groups (broad SMARTS) is 1. The molecule has 7 nitrogen and oxygen atoms in total. The number of carboxylic acids is 1. The lowest BCUT2D eigenvalue weighted by Crippen LogP contribution is -2.61. The summed E-state index contributed by atoms with van der Waals surface area (Å²) in [4.78, 5) is 21.8. The van der Waals surface area contributed by atoms with E-state index in [1.165, 1.54) is 11.1 Å². The van der Waals surface area contributed by atoms with Crippen LogP contribution in [0.1, 0.15) is 12.8 Å². The van der Waals surface area contributed by atoms with Crippen LogP contribution in [0.2, 0.25) is 0 Å². The largest absolute Gasteiger partial charge is 0.478 e. The van der Waals surface area contributed by atoms with Gasteiger partial charge in [-0.25, -0.2) is 4.79 Å². The maximum Gasteiger partial charge on any atom is 0.344 e. The van der Waals surface area contributed by atoms with Crippen LogP contribution in [0.25, 0.3) is 11.1 Å². The molecule has 2 aromatic rings. The van der Waals surface area contributed by atoms with Crippen molar-refractivity contribution in [3.8, 4) is 11.1 Å². The number of nitrogens with two attached hydrogens (primary N) is 2. The number of amides is 1. The number of hydrogen-bond donors (Lipinski definition) is 5. The molecule has 0 aliphatic carbocycles. The summed E-state index contributed by atoms with van der Waals surface area (Å²) in [6.45, 7) is 0.397. The molecule has 1 aliphatic rings. The van der Waals surface area contributed by atoms with Gasteiger partial charge in [0.1, 0.15) is 0 Å². The fourth-order valence-electron chi connectivity index (χ4n) is 2.72. The van der Waals surface area contributed by atoms with E-state index in [0.29, 0.717) is 13.0 Å². The Bertz CT molecular complexity index is 754. The zero-order valence-electron chi connectivity index (χ0n) is 15.3. The molecule has 3 rings (SSSR count). The highest BCUT2D eigenvalue weighted by Crippen LogP contribution is 2.20. The second-order valence-corrected chi connectivity index (χ2v) is 5.98. The molecule has 154 valence electrons. The van der Waals surface area contributed by atoms with Crippen LogP contribution in [0.4, 0.5) is 5.69 Å². The van der Waals surface area contributed by atoms with Crippen LogP contribution in [0.5, 0.6) is 0 Å². The maximum atomic E-state index is 10.9. The summed E-state index contributed by atoms with van der Waals surface area (Å²) in [6.07, 6.45) is 1.13. The maximum absolute atomic E-state index is 10.9. The Morgan fingerprint density at radius 2 is 1.71 bits per heavy atom. The summed E-state index contributed by atoms with van der Waals surface area (Å²) in [5.74, 6) is -1.52. The molecule has 9 heteroatoms. The van der Waals surface area contributed by atoms with Gasteiger partial charge in [-0.05, 0) is 42.6 Å². The molecular weight excluding hydrogens is 403 g/mol. The van der Waals surface area contributed by atoms with Crippen molar-refractivity contribution in [1.82, 2.24) is 10.6 Å². The standard InChI is InChI=1S/C12H11N.C7H13N3O3.2ClH/c13-12-8-4-7-11(9-12)10-5-2-1-3-6-10;8-4-5(11)10-7(6(12)13)2-1-3-9-7;;/h1-9H,13H2;9H,1-4,8H2,(H,10,11)(H,12,13);2*1H/t;7-;;/m.0../s1. The summed E-state index contributed by atoms with van der Waals surface area (Å²) < 4.78 is 0. The second kappa shape index (κ2) is 12.2. The average molecular weight is 429 g/mol. The zero-order chi connectivity index (χ0) is 19.0. The van der Waals surface area contributed by atoms with Crippen molar-refractivity contribution < 1.29 is 14.7 Å². The lowest BCUT2D eigenvalue weighted by Gasteiger charge is -2.25. The van der Waals surface area contributed by atoms with Crippen LogP contribution in [0, 0.1) is 0 Å². The molecule has 28 heavy (non-hydrogen) atoms. The molecule has 0 unspecified atom stereocenters. The average Bonchev–Trinajstić information content (AvgIpc) is 3.13. The first kappa shape index (κ1) is 25.7. The van der Waals surface area contributed by atoms with Gasteiger partial charge in [0, 0.05) is 5.69 Å². The van der Waals surface area contributed by atoms with Gasteiger partial charge in [0.05, 0.1) is 6.54 Å². The van der Waals surface area contributed by atoms with Gasteiger partial charge in [-0.3, -0.25) is 10.1 Å². The number of hydrogen-bond acceptors (Lipinski definition) is 5. The SMILES string of the molecule is Cl.Cl.NCC(=O)N[C@]1(C(=O)O)CCCN1.Nc1cccc(-c2ccccc2)c1. The highest BCUT2D eigenvalue weighted by Gasteiger charge is 2.42. The lowest BCUT2D eigenvalue weighted by atomic mass is 10.1. The number of nitrogens with one attached hydrogen (secondary N) is 2. The van der Waals surface area contributed by atoms with Gasteiger partial charge >= 0.3 is 5.97 Å². The Kier molecular flexibility index (Phi) is 11.2. The summed E-state index contributed by atoms with van der Waals surface area (Å²) >= 11 is 0. The molecule has 0 saturated carbocycles. The Labute approximate surface area is 176 Å². The molecule has 0 aromatic heterocycles. The number of halogens is 2. The predicted octanol–water partition coefficient (Wildman–Crippen LogP) is 2.00. The van der Waals surface area contributed by atoms with E-state index < -0.39 is 17.5 Å². The highest BCUT2D eigenvalue weighted by molar-refractivity contribution is 5.87. The van der Waals surface area contributed by atoms with Gasteiger partial charge in [-0.2, -0.15) is 0 Å². The van der Waals surface area contributed by atoms with Crippen molar-refractivity contribution in [2.24, 2.45) is 5.73 Å². The molecule has 7 N–H and O–H groups in total. The molecular formula is C19H26Cl2N4O3. The zero-order valence-corrected chi connectivity index (χ0v) is 16.9. The fraction of sp³-hybridized carbons (Fsp3) is 0.263. The number of anilines is 1. The van der Waals surface area contributed by atoms with Gasteiger partial charge in [-0.15, -0.1) is 24.8 Å². The number of benzene rings is 2. The minimum atomic E-state index is -1.30. The van der Waals surface area contributed by atoms with E-state index in [9.17, 15) is 9.59 Å². The van der Waals surface area contributed by atoms with E-state index in [2.05, 4.69) is 28.8 Å². The minimum absolute atomic E-state index is 0. The van der Waals surface area contributed by atoms with Crippen LogP contribution >= 0.6 is 24.8 Å². The molecule has 0 spiro atoms. The van der Waals surface area contributed by atoms with Crippen molar-refractivity contribution in [3.63, 3.8) is 0 Å². The molecule has 0 radical (unpaired) electrons. The van der Waals surface area contributed by atoms with Gasteiger partial charge in [-0.1, -0.05) is 42.5 Å².